The molecular weight excluding hydrogens is 340 g/mol. The quantitative estimate of drug-likeness (QED) is 0.722. The minimum Gasteiger partial charge on any atom is -0.313 e. The SMILES string of the molecule is Cn1c(-c2ccccc2)nn(C[NH+]2CC=C(c3ccccc3)CC2)c1=S. The van der Waals surface area contributed by atoms with Gasteiger partial charge in [-0.3, -0.25) is 0 Å². The molecule has 0 radical (unpaired) electrons. The molecule has 4 rings (SSSR count). The van der Waals surface area contributed by atoms with E-state index in [2.05, 4.69) is 48.5 Å². The van der Waals surface area contributed by atoms with Gasteiger partial charge in [-0.05, 0) is 29.4 Å². The van der Waals surface area contributed by atoms with Crippen molar-refractivity contribution in [3.63, 3.8) is 0 Å². The van der Waals surface area contributed by atoms with Crippen LogP contribution < -0.4 is 4.90 Å². The molecule has 0 bridgehead atoms. The first kappa shape index (κ1) is 16.9. The van der Waals surface area contributed by atoms with E-state index in [1.165, 1.54) is 16.0 Å². The summed E-state index contributed by atoms with van der Waals surface area (Å²) >= 11 is 5.62. The van der Waals surface area contributed by atoms with Crippen LogP contribution in [0.1, 0.15) is 12.0 Å². The van der Waals surface area contributed by atoms with E-state index in [1.54, 1.807) is 0 Å². The highest BCUT2D eigenvalue weighted by Gasteiger charge is 2.18. The largest absolute Gasteiger partial charge is 0.313 e. The van der Waals surface area contributed by atoms with Gasteiger partial charge in [-0.15, -0.1) is 5.10 Å². The maximum absolute atomic E-state index is 5.62. The summed E-state index contributed by atoms with van der Waals surface area (Å²) in [6.45, 7) is 2.90. The average molecular weight is 364 g/mol. The molecule has 132 valence electrons. The molecule has 0 amide bonds. The van der Waals surface area contributed by atoms with Gasteiger partial charge in [-0.25, -0.2) is 0 Å². The smallest absolute Gasteiger partial charge is 0.202 e. The molecule has 0 aliphatic carbocycles. The molecule has 1 aliphatic heterocycles. The number of rotatable bonds is 4. The summed E-state index contributed by atoms with van der Waals surface area (Å²) in [6, 6.07) is 20.9. The van der Waals surface area contributed by atoms with Crippen LogP contribution in [0.25, 0.3) is 17.0 Å². The van der Waals surface area contributed by atoms with E-state index in [9.17, 15) is 0 Å². The fraction of sp³-hybridized carbons (Fsp3) is 0.238. The zero-order valence-electron chi connectivity index (χ0n) is 14.9. The van der Waals surface area contributed by atoms with Crippen LogP contribution in [0.4, 0.5) is 0 Å². The van der Waals surface area contributed by atoms with Gasteiger partial charge in [0.2, 0.25) is 4.77 Å². The van der Waals surface area contributed by atoms with Crippen molar-refractivity contribution in [2.45, 2.75) is 13.1 Å². The second-order valence-corrected chi connectivity index (χ2v) is 7.10. The van der Waals surface area contributed by atoms with Crippen LogP contribution in [-0.4, -0.2) is 27.4 Å². The van der Waals surface area contributed by atoms with Crippen molar-refractivity contribution in [3.05, 3.63) is 77.1 Å². The van der Waals surface area contributed by atoms with E-state index in [0.29, 0.717) is 0 Å². The van der Waals surface area contributed by atoms with Gasteiger partial charge in [-0.2, -0.15) is 4.68 Å². The summed E-state index contributed by atoms with van der Waals surface area (Å²) < 4.78 is 4.74. The Kier molecular flexibility index (Phi) is 4.82. The summed E-state index contributed by atoms with van der Waals surface area (Å²) in [6.07, 6.45) is 3.45. The molecule has 1 aliphatic rings. The standard InChI is InChI=1S/C21H22N4S/c1-23-20(19-10-6-3-7-11-19)22-25(21(23)26)16-24-14-12-18(13-15-24)17-8-4-2-5-9-17/h2-12H,13-16H2,1H3/p+1. The fourth-order valence-corrected chi connectivity index (χ4v) is 3.67. The first-order valence-electron chi connectivity index (χ1n) is 8.99. The Bertz CT molecular complexity index is 970. The maximum atomic E-state index is 5.62. The first-order valence-corrected chi connectivity index (χ1v) is 9.40. The van der Waals surface area contributed by atoms with Crippen LogP contribution in [0, 0.1) is 4.77 Å². The summed E-state index contributed by atoms with van der Waals surface area (Å²) in [7, 11) is 1.99. The molecule has 1 N–H and O–H groups in total. The van der Waals surface area contributed by atoms with Gasteiger partial charge in [0.05, 0.1) is 13.1 Å². The molecule has 1 unspecified atom stereocenters. The second kappa shape index (κ2) is 7.40. The van der Waals surface area contributed by atoms with Gasteiger partial charge in [0.25, 0.3) is 0 Å². The fourth-order valence-electron chi connectivity index (χ4n) is 3.48. The molecule has 0 fully saturated rings. The number of aromatic nitrogens is 3. The molecule has 2 aromatic carbocycles. The molecule has 5 heteroatoms. The highest BCUT2D eigenvalue weighted by molar-refractivity contribution is 7.71. The Morgan fingerprint density at radius 3 is 2.27 bits per heavy atom. The highest BCUT2D eigenvalue weighted by atomic mass is 32.1. The molecule has 26 heavy (non-hydrogen) atoms. The van der Waals surface area contributed by atoms with E-state index >= 15 is 0 Å². The van der Waals surface area contributed by atoms with E-state index in [0.717, 1.165) is 42.3 Å². The van der Waals surface area contributed by atoms with Gasteiger partial charge in [0.1, 0.15) is 0 Å². The molecule has 3 aromatic rings. The normalized spacial score (nSPS) is 17.1. The zero-order valence-corrected chi connectivity index (χ0v) is 15.7. The minimum absolute atomic E-state index is 0.772. The molecule has 2 heterocycles. The lowest BCUT2D eigenvalue weighted by Crippen LogP contribution is -3.11. The average Bonchev–Trinajstić information content (AvgIpc) is 2.98. The van der Waals surface area contributed by atoms with Crippen molar-refractivity contribution < 1.29 is 4.90 Å². The molecule has 0 saturated carbocycles. The van der Waals surface area contributed by atoms with Crippen molar-refractivity contribution in [3.8, 4) is 11.4 Å². The lowest BCUT2D eigenvalue weighted by molar-refractivity contribution is -0.918. The van der Waals surface area contributed by atoms with Crippen molar-refractivity contribution >= 4 is 17.8 Å². The Morgan fingerprint density at radius 2 is 1.65 bits per heavy atom. The number of benzene rings is 2. The third-order valence-electron chi connectivity index (χ3n) is 4.98. The Morgan fingerprint density at radius 1 is 1.00 bits per heavy atom. The second-order valence-electron chi connectivity index (χ2n) is 6.74. The molecular formula is C21H23N4S+. The van der Waals surface area contributed by atoms with Crippen molar-refractivity contribution in [1.82, 2.24) is 14.3 Å². The summed E-state index contributed by atoms with van der Waals surface area (Å²) in [5.41, 5.74) is 3.89. The molecule has 1 atom stereocenters. The summed E-state index contributed by atoms with van der Waals surface area (Å²) in [5.74, 6) is 0.924. The highest BCUT2D eigenvalue weighted by Crippen LogP contribution is 2.18. The van der Waals surface area contributed by atoms with Gasteiger partial charge in [0.15, 0.2) is 12.5 Å². The maximum Gasteiger partial charge on any atom is 0.202 e. The number of hydrogen-bond acceptors (Lipinski definition) is 2. The Labute approximate surface area is 159 Å². The molecule has 1 aromatic heterocycles. The van der Waals surface area contributed by atoms with E-state index in [-0.39, 0.29) is 0 Å². The third-order valence-corrected chi connectivity index (χ3v) is 5.46. The van der Waals surface area contributed by atoms with Crippen molar-refractivity contribution in [2.75, 3.05) is 13.1 Å². The summed E-state index contributed by atoms with van der Waals surface area (Å²) in [4.78, 5) is 1.48. The Hall–Kier alpha value is -2.50. The lowest BCUT2D eigenvalue weighted by Gasteiger charge is -2.23. The van der Waals surface area contributed by atoms with E-state index < -0.39 is 0 Å². The third kappa shape index (κ3) is 3.41. The van der Waals surface area contributed by atoms with Crippen LogP contribution in [0.3, 0.4) is 0 Å². The molecule has 0 spiro atoms. The van der Waals surface area contributed by atoms with Crippen LogP contribution in [0.15, 0.2) is 66.7 Å². The van der Waals surface area contributed by atoms with Crippen LogP contribution in [0.5, 0.6) is 0 Å². The number of quaternary nitrogens is 1. The first-order chi connectivity index (χ1) is 12.7. The van der Waals surface area contributed by atoms with Gasteiger partial charge >= 0.3 is 0 Å². The number of hydrogen-bond donors (Lipinski definition) is 1. The number of nitrogens with one attached hydrogen (secondary N) is 1. The van der Waals surface area contributed by atoms with Crippen LogP contribution in [0.2, 0.25) is 0 Å². The molecule has 4 nitrogen and oxygen atoms in total. The summed E-state index contributed by atoms with van der Waals surface area (Å²) in [5, 5.41) is 4.78. The van der Waals surface area contributed by atoms with E-state index in [4.69, 9.17) is 17.3 Å². The van der Waals surface area contributed by atoms with Crippen molar-refractivity contribution in [1.29, 1.82) is 0 Å². The van der Waals surface area contributed by atoms with Gasteiger partial charge in [-0.1, -0.05) is 60.7 Å². The van der Waals surface area contributed by atoms with E-state index in [1.807, 2.05) is 34.5 Å². The zero-order chi connectivity index (χ0) is 17.9. The van der Waals surface area contributed by atoms with Gasteiger partial charge in [0, 0.05) is 19.0 Å². The van der Waals surface area contributed by atoms with Crippen LogP contribution in [-0.2, 0) is 13.7 Å². The topological polar surface area (TPSA) is 27.2 Å². The monoisotopic (exact) mass is 363 g/mol. The number of nitrogens with zero attached hydrogens (tertiary/aromatic N) is 3. The molecule has 0 saturated heterocycles. The van der Waals surface area contributed by atoms with Crippen LogP contribution >= 0.6 is 12.2 Å². The predicted octanol–water partition coefficient (Wildman–Crippen LogP) is 2.95. The van der Waals surface area contributed by atoms with Crippen molar-refractivity contribution in [2.24, 2.45) is 7.05 Å². The van der Waals surface area contributed by atoms with Gasteiger partial charge < -0.3 is 9.47 Å². The Balaban J connectivity index is 1.51. The lowest BCUT2D eigenvalue weighted by atomic mass is 10.00. The minimum atomic E-state index is 0.772. The predicted molar refractivity (Wildman–Crippen MR) is 107 cm³/mol.